The Balaban J connectivity index is 0.00000288. The van der Waals surface area contributed by atoms with Crippen LogP contribution in [0.3, 0.4) is 0 Å². The molecule has 132 valence electrons. The van der Waals surface area contributed by atoms with E-state index in [4.69, 9.17) is 4.74 Å². The van der Waals surface area contributed by atoms with E-state index < -0.39 is 6.10 Å². The second kappa shape index (κ2) is 10.2. The van der Waals surface area contributed by atoms with E-state index in [2.05, 4.69) is 0 Å². The summed E-state index contributed by atoms with van der Waals surface area (Å²) >= 11 is 0. The first-order chi connectivity index (χ1) is 11.1. The maximum absolute atomic E-state index is 10.3. The number of benzene rings is 2. The van der Waals surface area contributed by atoms with E-state index in [1.165, 1.54) is 5.56 Å². The highest BCUT2D eigenvalue weighted by molar-refractivity contribution is 5.85. The molecule has 0 saturated carbocycles. The van der Waals surface area contributed by atoms with Crippen molar-refractivity contribution in [2.45, 2.75) is 20.0 Å². The van der Waals surface area contributed by atoms with Crippen LogP contribution >= 0.6 is 12.4 Å². The summed E-state index contributed by atoms with van der Waals surface area (Å²) in [6.07, 6.45) is -0.637. The zero-order valence-corrected chi connectivity index (χ0v) is 15.0. The maximum atomic E-state index is 10.3. The van der Waals surface area contributed by atoms with Crippen LogP contribution in [0.5, 0.6) is 5.75 Å². The minimum Gasteiger partial charge on any atom is -0.491 e. The number of hydrogen-bond donors (Lipinski definition) is 2. The van der Waals surface area contributed by atoms with Gasteiger partial charge in [0.05, 0.1) is 6.61 Å². The lowest BCUT2D eigenvalue weighted by Crippen LogP contribution is -2.37. The van der Waals surface area contributed by atoms with Gasteiger partial charge in [0.1, 0.15) is 18.5 Å². The third-order valence-corrected chi connectivity index (χ3v) is 3.91. The molecule has 0 aliphatic rings. The molecule has 0 bridgehead atoms. The van der Waals surface area contributed by atoms with E-state index in [9.17, 15) is 10.2 Å². The number of aryl methyl sites for hydroxylation is 1. The fourth-order valence-electron chi connectivity index (χ4n) is 2.46. The summed E-state index contributed by atoms with van der Waals surface area (Å²) < 4.78 is 5.76. The van der Waals surface area contributed by atoms with E-state index in [1.807, 2.05) is 67.3 Å². The van der Waals surface area contributed by atoms with Gasteiger partial charge in [0.2, 0.25) is 0 Å². The van der Waals surface area contributed by atoms with E-state index in [1.54, 1.807) is 0 Å². The monoisotopic (exact) mass is 351 g/mol. The van der Waals surface area contributed by atoms with Crippen molar-refractivity contribution in [2.24, 2.45) is 0 Å². The molecule has 0 fully saturated rings. The smallest absolute Gasteiger partial charge is 0.122 e. The Labute approximate surface area is 150 Å². The molecule has 4 nitrogen and oxygen atoms in total. The van der Waals surface area contributed by atoms with Crippen molar-refractivity contribution in [3.63, 3.8) is 0 Å². The number of rotatable bonds is 8. The number of para-hydroxylation sites is 1. The lowest BCUT2D eigenvalue weighted by atomic mass is 10.1. The predicted molar refractivity (Wildman–Crippen MR) is 100 cm³/mol. The zero-order chi connectivity index (χ0) is 16.7. The molecule has 2 aromatic rings. The number of aliphatic hydroxyl groups excluding tert-OH is 2. The lowest BCUT2D eigenvalue weighted by molar-refractivity contribution is 0.111. The first-order valence-corrected chi connectivity index (χ1v) is 7.89. The second-order valence-corrected chi connectivity index (χ2v) is 5.67. The van der Waals surface area contributed by atoms with E-state index in [0.29, 0.717) is 13.1 Å². The van der Waals surface area contributed by atoms with Crippen LogP contribution in [-0.2, 0) is 0 Å². The van der Waals surface area contributed by atoms with Crippen molar-refractivity contribution < 1.29 is 14.9 Å². The molecule has 2 rings (SSSR count). The van der Waals surface area contributed by atoms with Gasteiger partial charge >= 0.3 is 0 Å². The SMILES string of the molecule is Cc1cccc(OCC(O)CN(CCO)c2ccccc2)c1C.Cl. The van der Waals surface area contributed by atoms with Crippen molar-refractivity contribution in [1.82, 2.24) is 0 Å². The molecular weight excluding hydrogens is 326 g/mol. The molecule has 2 N–H and O–H groups in total. The third-order valence-electron chi connectivity index (χ3n) is 3.91. The fourth-order valence-corrected chi connectivity index (χ4v) is 2.46. The molecule has 0 aromatic heterocycles. The Morgan fingerprint density at radius 2 is 1.75 bits per heavy atom. The second-order valence-electron chi connectivity index (χ2n) is 5.67. The Morgan fingerprint density at radius 1 is 1.04 bits per heavy atom. The van der Waals surface area contributed by atoms with Gasteiger partial charge in [-0.15, -0.1) is 12.4 Å². The van der Waals surface area contributed by atoms with Crippen molar-refractivity contribution in [3.05, 3.63) is 59.7 Å². The van der Waals surface area contributed by atoms with Crippen molar-refractivity contribution in [1.29, 1.82) is 0 Å². The summed E-state index contributed by atoms with van der Waals surface area (Å²) in [5.74, 6) is 0.803. The number of anilines is 1. The molecule has 0 radical (unpaired) electrons. The van der Waals surface area contributed by atoms with Crippen LogP contribution in [0.15, 0.2) is 48.5 Å². The van der Waals surface area contributed by atoms with Gasteiger partial charge in [-0.3, -0.25) is 0 Å². The minimum atomic E-state index is -0.637. The summed E-state index contributed by atoms with van der Waals surface area (Å²) in [5, 5.41) is 19.5. The van der Waals surface area contributed by atoms with Crippen LogP contribution in [-0.4, -0.2) is 42.6 Å². The quantitative estimate of drug-likeness (QED) is 0.767. The average Bonchev–Trinajstić information content (AvgIpc) is 2.56. The van der Waals surface area contributed by atoms with Gasteiger partial charge in [-0.25, -0.2) is 0 Å². The third kappa shape index (κ3) is 5.71. The summed E-state index contributed by atoms with van der Waals surface area (Å²) in [5.41, 5.74) is 3.24. The van der Waals surface area contributed by atoms with Gasteiger partial charge in [0, 0.05) is 18.8 Å². The summed E-state index contributed by atoms with van der Waals surface area (Å²) in [6, 6.07) is 15.7. The number of aliphatic hydroxyl groups is 2. The number of ether oxygens (including phenoxy) is 1. The van der Waals surface area contributed by atoms with E-state index in [-0.39, 0.29) is 25.6 Å². The standard InChI is InChI=1S/C19H25NO3.ClH/c1-15-7-6-10-19(16(15)2)23-14-18(22)13-20(11-12-21)17-8-4-3-5-9-17;/h3-10,18,21-22H,11-14H2,1-2H3;1H. The van der Waals surface area contributed by atoms with Gasteiger partial charge in [-0.2, -0.15) is 0 Å². The molecule has 0 saturated heterocycles. The highest BCUT2D eigenvalue weighted by Crippen LogP contribution is 2.21. The molecular formula is C19H26ClNO3. The number of hydrogen-bond acceptors (Lipinski definition) is 4. The normalized spacial score (nSPS) is 11.5. The molecule has 0 spiro atoms. The fraction of sp³-hybridized carbons (Fsp3) is 0.368. The minimum absolute atomic E-state index is 0. The highest BCUT2D eigenvalue weighted by atomic mass is 35.5. The summed E-state index contributed by atoms with van der Waals surface area (Å²) in [7, 11) is 0. The van der Waals surface area contributed by atoms with Crippen molar-refractivity contribution in [3.8, 4) is 5.75 Å². The molecule has 1 atom stereocenters. The van der Waals surface area contributed by atoms with E-state index >= 15 is 0 Å². The first kappa shape index (κ1) is 20.3. The number of halogens is 1. The van der Waals surface area contributed by atoms with Crippen LogP contribution in [0.1, 0.15) is 11.1 Å². The molecule has 2 aromatic carbocycles. The molecule has 24 heavy (non-hydrogen) atoms. The number of nitrogens with zero attached hydrogens (tertiary/aromatic N) is 1. The Kier molecular flexibility index (Phi) is 8.61. The molecule has 5 heteroatoms. The van der Waals surface area contributed by atoms with Crippen LogP contribution in [0, 0.1) is 13.8 Å². The van der Waals surface area contributed by atoms with Crippen LogP contribution in [0.2, 0.25) is 0 Å². The first-order valence-electron chi connectivity index (χ1n) is 7.89. The highest BCUT2D eigenvalue weighted by Gasteiger charge is 2.13. The zero-order valence-electron chi connectivity index (χ0n) is 14.2. The van der Waals surface area contributed by atoms with Gasteiger partial charge in [0.25, 0.3) is 0 Å². The van der Waals surface area contributed by atoms with Crippen molar-refractivity contribution >= 4 is 18.1 Å². The largest absolute Gasteiger partial charge is 0.491 e. The van der Waals surface area contributed by atoms with Crippen LogP contribution in [0.4, 0.5) is 5.69 Å². The topological polar surface area (TPSA) is 52.9 Å². The average molecular weight is 352 g/mol. The van der Waals surface area contributed by atoms with Crippen LogP contribution in [0.25, 0.3) is 0 Å². The van der Waals surface area contributed by atoms with E-state index in [0.717, 1.165) is 17.0 Å². The summed E-state index contributed by atoms with van der Waals surface area (Å²) in [6.45, 7) is 5.20. The Bertz CT molecular complexity index is 607. The Hall–Kier alpha value is -1.75. The molecule has 0 heterocycles. The van der Waals surface area contributed by atoms with Gasteiger partial charge in [0.15, 0.2) is 0 Å². The van der Waals surface area contributed by atoms with Crippen molar-refractivity contribution in [2.75, 3.05) is 31.2 Å². The maximum Gasteiger partial charge on any atom is 0.122 e. The molecule has 0 aliphatic heterocycles. The predicted octanol–water partition coefficient (Wildman–Crippen LogP) is 2.96. The van der Waals surface area contributed by atoms with Gasteiger partial charge in [-0.05, 0) is 43.2 Å². The molecule has 0 amide bonds. The molecule has 0 aliphatic carbocycles. The summed E-state index contributed by atoms with van der Waals surface area (Å²) in [4.78, 5) is 1.96. The lowest BCUT2D eigenvalue weighted by Gasteiger charge is -2.26. The van der Waals surface area contributed by atoms with Gasteiger partial charge < -0.3 is 19.8 Å². The molecule has 1 unspecified atom stereocenters. The van der Waals surface area contributed by atoms with Crippen LogP contribution < -0.4 is 9.64 Å². The van der Waals surface area contributed by atoms with Gasteiger partial charge in [-0.1, -0.05) is 30.3 Å². The Morgan fingerprint density at radius 3 is 2.42 bits per heavy atom.